The Morgan fingerprint density at radius 3 is 2.71 bits per heavy atom. The Bertz CT molecular complexity index is 855. The summed E-state index contributed by atoms with van der Waals surface area (Å²) in [5, 5.41) is 5.72. The molecule has 2 N–H and O–H groups in total. The lowest BCUT2D eigenvalue weighted by molar-refractivity contribution is -0.124. The van der Waals surface area contributed by atoms with Gasteiger partial charge in [0.1, 0.15) is 12.4 Å². The molecular weight excluding hydrogens is 396 g/mol. The number of rotatable bonds is 7. The topological polar surface area (TPSA) is 67.4 Å². The van der Waals surface area contributed by atoms with Crippen LogP contribution < -0.4 is 15.4 Å². The van der Waals surface area contributed by atoms with Gasteiger partial charge in [0.05, 0.1) is 17.5 Å². The quantitative estimate of drug-likeness (QED) is 0.651. The van der Waals surface area contributed by atoms with Gasteiger partial charge in [0.2, 0.25) is 11.8 Å². The average Bonchev–Trinajstić information content (AvgIpc) is 2.66. The monoisotopic (exact) mass is 418 g/mol. The van der Waals surface area contributed by atoms with Gasteiger partial charge >= 0.3 is 0 Å². The molecular formula is C21H23ClN2O3S. The van der Waals surface area contributed by atoms with Crippen molar-refractivity contribution >= 4 is 40.9 Å². The van der Waals surface area contributed by atoms with E-state index in [-0.39, 0.29) is 18.2 Å². The molecule has 2 aromatic carbocycles. The minimum Gasteiger partial charge on any atom is -0.492 e. The number of fused-ring (bicyclic) bond motifs is 1. The molecule has 1 aliphatic rings. The van der Waals surface area contributed by atoms with Crippen molar-refractivity contribution in [3.8, 4) is 5.75 Å². The molecule has 148 valence electrons. The molecule has 0 spiro atoms. The van der Waals surface area contributed by atoms with Crippen LogP contribution in [-0.4, -0.2) is 30.2 Å². The molecule has 1 heterocycles. The highest BCUT2D eigenvalue weighted by Crippen LogP contribution is 2.38. The highest BCUT2D eigenvalue weighted by atomic mass is 35.5. The highest BCUT2D eigenvalue weighted by molar-refractivity contribution is 8.01. The maximum atomic E-state index is 12.2. The lowest BCUT2D eigenvalue weighted by Gasteiger charge is -2.23. The Kier molecular flexibility index (Phi) is 6.86. The number of hydrogen-bond acceptors (Lipinski definition) is 4. The van der Waals surface area contributed by atoms with Crippen molar-refractivity contribution in [2.45, 2.75) is 36.3 Å². The zero-order valence-corrected chi connectivity index (χ0v) is 17.4. The van der Waals surface area contributed by atoms with Gasteiger partial charge in [-0.25, -0.2) is 0 Å². The van der Waals surface area contributed by atoms with E-state index in [0.29, 0.717) is 29.8 Å². The lowest BCUT2D eigenvalue weighted by atomic mass is 10.0. The predicted octanol–water partition coefficient (Wildman–Crippen LogP) is 4.46. The van der Waals surface area contributed by atoms with Gasteiger partial charge in [0.25, 0.3) is 0 Å². The second-order valence-electron chi connectivity index (χ2n) is 6.86. The number of anilines is 1. The minimum atomic E-state index is -0.460. The molecule has 0 aliphatic carbocycles. The summed E-state index contributed by atoms with van der Waals surface area (Å²) < 4.78 is 5.65. The van der Waals surface area contributed by atoms with Crippen LogP contribution in [-0.2, 0) is 9.59 Å². The number of nitrogens with one attached hydrogen (secondary N) is 2. The van der Waals surface area contributed by atoms with Gasteiger partial charge in [-0.05, 0) is 41.8 Å². The van der Waals surface area contributed by atoms with E-state index in [1.165, 1.54) is 17.3 Å². The van der Waals surface area contributed by atoms with Gasteiger partial charge in [-0.15, -0.1) is 11.8 Å². The van der Waals surface area contributed by atoms with Crippen LogP contribution >= 0.6 is 23.4 Å². The summed E-state index contributed by atoms with van der Waals surface area (Å²) in [6, 6.07) is 13.3. The number of ether oxygens (including phenoxy) is 1. The summed E-state index contributed by atoms with van der Waals surface area (Å²) in [7, 11) is 0. The van der Waals surface area contributed by atoms with E-state index < -0.39 is 5.25 Å². The van der Waals surface area contributed by atoms with Crippen LogP contribution in [0.2, 0.25) is 5.02 Å². The number of benzene rings is 2. The molecule has 2 aromatic rings. The van der Waals surface area contributed by atoms with E-state index in [1.807, 2.05) is 30.3 Å². The van der Waals surface area contributed by atoms with Crippen molar-refractivity contribution in [1.82, 2.24) is 5.32 Å². The summed E-state index contributed by atoms with van der Waals surface area (Å²) in [5.41, 5.74) is 1.95. The maximum Gasteiger partial charge on any atom is 0.238 e. The van der Waals surface area contributed by atoms with Crippen molar-refractivity contribution in [2.24, 2.45) is 0 Å². The molecule has 1 unspecified atom stereocenters. The van der Waals surface area contributed by atoms with Crippen molar-refractivity contribution in [3.63, 3.8) is 0 Å². The largest absolute Gasteiger partial charge is 0.492 e. The first-order chi connectivity index (χ1) is 13.4. The second kappa shape index (κ2) is 9.34. The van der Waals surface area contributed by atoms with E-state index in [9.17, 15) is 9.59 Å². The third-order valence-corrected chi connectivity index (χ3v) is 5.88. The lowest BCUT2D eigenvalue weighted by Crippen LogP contribution is -2.36. The van der Waals surface area contributed by atoms with Crippen LogP contribution in [0, 0.1) is 0 Å². The molecule has 28 heavy (non-hydrogen) atoms. The van der Waals surface area contributed by atoms with E-state index in [2.05, 4.69) is 24.5 Å². The third-order valence-electron chi connectivity index (χ3n) is 4.37. The van der Waals surface area contributed by atoms with E-state index in [0.717, 1.165) is 10.6 Å². The first-order valence-electron chi connectivity index (χ1n) is 9.19. The van der Waals surface area contributed by atoms with E-state index >= 15 is 0 Å². The van der Waals surface area contributed by atoms with Gasteiger partial charge in [0.15, 0.2) is 0 Å². The molecule has 3 rings (SSSR count). The van der Waals surface area contributed by atoms with Crippen LogP contribution in [0.1, 0.15) is 31.7 Å². The summed E-state index contributed by atoms with van der Waals surface area (Å²) in [4.78, 5) is 25.3. The Hall–Kier alpha value is -2.18. The first-order valence-corrected chi connectivity index (χ1v) is 10.4. The van der Waals surface area contributed by atoms with Crippen molar-refractivity contribution in [2.75, 3.05) is 18.5 Å². The number of thioether (sulfide) groups is 1. The number of carbonyl (C=O) groups is 2. The van der Waals surface area contributed by atoms with Crippen LogP contribution in [0.5, 0.6) is 5.75 Å². The van der Waals surface area contributed by atoms with E-state index in [4.69, 9.17) is 16.3 Å². The summed E-state index contributed by atoms with van der Waals surface area (Å²) >= 11 is 7.32. The molecule has 1 aliphatic heterocycles. The second-order valence-corrected chi connectivity index (χ2v) is 8.54. The normalized spacial score (nSPS) is 15.7. The molecule has 0 bridgehead atoms. The first kappa shape index (κ1) is 20.6. The van der Waals surface area contributed by atoms with Crippen molar-refractivity contribution in [3.05, 3.63) is 53.1 Å². The van der Waals surface area contributed by atoms with Crippen molar-refractivity contribution < 1.29 is 14.3 Å². The fraction of sp³-hybridized carbons (Fsp3) is 0.333. The van der Waals surface area contributed by atoms with E-state index in [1.54, 1.807) is 12.1 Å². The smallest absolute Gasteiger partial charge is 0.238 e. The van der Waals surface area contributed by atoms with Crippen LogP contribution in [0.25, 0.3) is 0 Å². The molecule has 2 amide bonds. The van der Waals surface area contributed by atoms with Gasteiger partial charge in [-0.2, -0.15) is 0 Å². The number of halogens is 1. The zero-order valence-electron chi connectivity index (χ0n) is 15.8. The third kappa shape index (κ3) is 5.42. The van der Waals surface area contributed by atoms with Gasteiger partial charge in [0, 0.05) is 16.3 Å². The zero-order chi connectivity index (χ0) is 20.1. The van der Waals surface area contributed by atoms with Crippen LogP contribution in [0.3, 0.4) is 0 Å². The molecule has 1 atom stereocenters. The Labute approximate surface area is 174 Å². The fourth-order valence-electron chi connectivity index (χ4n) is 2.81. The van der Waals surface area contributed by atoms with Gasteiger partial charge < -0.3 is 15.4 Å². The summed E-state index contributed by atoms with van der Waals surface area (Å²) in [5.74, 6) is 0.892. The Morgan fingerprint density at radius 1 is 1.25 bits per heavy atom. The van der Waals surface area contributed by atoms with Crippen molar-refractivity contribution in [1.29, 1.82) is 0 Å². The highest BCUT2D eigenvalue weighted by Gasteiger charge is 2.29. The van der Waals surface area contributed by atoms with Gasteiger partial charge in [-0.1, -0.05) is 37.6 Å². The number of hydrogen-bond donors (Lipinski definition) is 2. The molecule has 0 radical (unpaired) electrons. The molecule has 7 heteroatoms. The summed E-state index contributed by atoms with van der Waals surface area (Å²) in [6.45, 7) is 5.04. The molecule has 0 saturated carbocycles. The Morgan fingerprint density at radius 2 is 2.00 bits per heavy atom. The molecule has 0 aromatic heterocycles. The van der Waals surface area contributed by atoms with Crippen LogP contribution in [0.15, 0.2) is 47.4 Å². The average molecular weight is 419 g/mol. The minimum absolute atomic E-state index is 0.113. The molecule has 5 nitrogen and oxygen atoms in total. The standard InChI is InChI=1S/C21H23ClN2O3S/c1-13(2)14-3-6-16(7-4-14)27-10-9-23-20(25)12-19-21(26)24-17-11-15(22)5-8-18(17)28-19/h3-8,11,13,19H,9-10,12H2,1-2H3,(H,23,25)(H,24,26). The Balaban J connectivity index is 1.42. The molecule has 0 fully saturated rings. The molecule has 0 saturated heterocycles. The fourth-order valence-corrected chi connectivity index (χ4v) is 4.07. The van der Waals surface area contributed by atoms with Crippen LogP contribution in [0.4, 0.5) is 5.69 Å². The maximum absolute atomic E-state index is 12.2. The number of carbonyl (C=O) groups excluding carboxylic acids is 2. The number of amides is 2. The SMILES string of the molecule is CC(C)c1ccc(OCCNC(=O)CC2Sc3ccc(Cl)cc3NC2=O)cc1. The predicted molar refractivity (Wildman–Crippen MR) is 113 cm³/mol. The summed E-state index contributed by atoms with van der Waals surface area (Å²) in [6.07, 6.45) is 0.113. The van der Waals surface area contributed by atoms with Gasteiger partial charge in [-0.3, -0.25) is 9.59 Å².